The number of methoxy groups -OCH3 is 1. The van der Waals surface area contributed by atoms with Crippen molar-refractivity contribution in [3.8, 4) is 16.9 Å². The Balaban J connectivity index is 1.33. The maximum Gasteiger partial charge on any atom is 0.335 e. The molecular formula is C26H29NO5. The van der Waals surface area contributed by atoms with Gasteiger partial charge >= 0.3 is 5.97 Å². The van der Waals surface area contributed by atoms with Crippen LogP contribution >= 0.6 is 0 Å². The second-order valence-corrected chi connectivity index (χ2v) is 9.31. The van der Waals surface area contributed by atoms with Crippen molar-refractivity contribution in [3.05, 3.63) is 53.6 Å². The summed E-state index contributed by atoms with van der Waals surface area (Å²) in [5.41, 5.74) is 3.42. The number of carbonyl (C=O) groups is 2. The van der Waals surface area contributed by atoms with Gasteiger partial charge in [0.2, 0.25) is 0 Å². The fourth-order valence-electron chi connectivity index (χ4n) is 5.73. The smallest absolute Gasteiger partial charge is 0.335 e. The van der Waals surface area contributed by atoms with E-state index in [1.807, 2.05) is 4.90 Å². The molecule has 2 heterocycles. The van der Waals surface area contributed by atoms with Crippen molar-refractivity contribution in [3.63, 3.8) is 0 Å². The first-order valence-corrected chi connectivity index (χ1v) is 11.4. The van der Waals surface area contributed by atoms with Crippen LogP contribution in [0.5, 0.6) is 5.75 Å². The first-order chi connectivity index (χ1) is 15.5. The Morgan fingerprint density at radius 1 is 1.12 bits per heavy atom. The molecule has 2 saturated heterocycles. The van der Waals surface area contributed by atoms with Crippen molar-refractivity contribution in [2.75, 3.05) is 26.8 Å². The van der Waals surface area contributed by atoms with Crippen LogP contribution in [-0.4, -0.2) is 54.8 Å². The van der Waals surface area contributed by atoms with Crippen LogP contribution in [0.2, 0.25) is 0 Å². The Hall–Kier alpha value is -2.86. The molecule has 32 heavy (non-hydrogen) atoms. The number of hydrogen-bond donors (Lipinski definition) is 1. The van der Waals surface area contributed by atoms with Crippen molar-refractivity contribution in [1.82, 2.24) is 4.90 Å². The minimum atomic E-state index is -0.953. The lowest BCUT2D eigenvalue weighted by Gasteiger charge is -2.47. The molecule has 2 aliphatic heterocycles. The number of carboxylic acids is 1. The monoisotopic (exact) mass is 435 g/mol. The summed E-state index contributed by atoms with van der Waals surface area (Å²) in [5, 5.41) is 9.35. The summed E-state index contributed by atoms with van der Waals surface area (Å²) >= 11 is 0. The number of hydrogen-bond acceptors (Lipinski definition) is 4. The van der Waals surface area contributed by atoms with Crippen LogP contribution in [-0.2, 0) is 9.53 Å². The summed E-state index contributed by atoms with van der Waals surface area (Å²) in [6, 6.07) is 13.3. The minimum absolute atomic E-state index is 0.172. The summed E-state index contributed by atoms with van der Waals surface area (Å²) in [7, 11) is 1.59. The van der Waals surface area contributed by atoms with Gasteiger partial charge in [0.15, 0.2) is 0 Å². The highest BCUT2D eigenvalue weighted by Gasteiger charge is 2.52. The van der Waals surface area contributed by atoms with E-state index in [4.69, 9.17) is 9.47 Å². The molecule has 2 aromatic carbocycles. The molecule has 1 saturated carbocycles. The number of nitrogens with zero attached hydrogens (tertiary/aromatic N) is 1. The van der Waals surface area contributed by atoms with E-state index in [-0.39, 0.29) is 23.0 Å². The third-order valence-electron chi connectivity index (χ3n) is 7.64. The van der Waals surface area contributed by atoms with Crippen LogP contribution < -0.4 is 4.74 Å². The normalized spacial score (nSPS) is 26.8. The summed E-state index contributed by atoms with van der Waals surface area (Å²) < 4.78 is 11.1. The molecule has 3 fully saturated rings. The second kappa shape index (κ2) is 8.24. The van der Waals surface area contributed by atoms with E-state index in [1.165, 1.54) is 5.56 Å². The number of likely N-dealkylation sites (tertiary alicyclic amines) is 1. The van der Waals surface area contributed by atoms with E-state index < -0.39 is 5.97 Å². The molecule has 6 heteroatoms. The van der Waals surface area contributed by atoms with E-state index in [0.29, 0.717) is 18.3 Å². The van der Waals surface area contributed by atoms with Gasteiger partial charge in [0, 0.05) is 25.3 Å². The molecule has 0 unspecified atom stereocenters. The average molecular weight is 436 g/mol. The maximum absolute atomic E-state index is 12.8. The number of ether oxygens (including phenoxy) is 2. The van der Waals surface area contributed by atoms with E-state index in [1.54, 1.807) is 25.3 Å². The van der Waals surface area contributed by atoms with Crippen LogP contribution in [0.1, 0.15) is 53.9 Å². The molecule has 3 aliphatic rings. The van der Waals surface area contributed by atoms with Gasteiger partial charge in [-0.05, 0) is 72.8 Å². The van der Waals surface area contributed by atoms with Gasteiger partial charge in [0.05, 0.1) is 12.7 Å². The van der Waals surface area contributed by atoms with Gasteiger partial charge in [-0.15, -0.1) is 0 Å². The summed E-state index contributed by atoms with van der Waals surface area (Å²) in [4.78, 5) is 26.2. The maximum atomic E-state index is 12.8. The molecule has 6 nitrogen and oxygen atoms in total. The third kappa shape index (κ3) is 3.56. The van der Waals surface area contributed by atoms with E-state index in [9.17, 15) is 14.7 Å². The van der Waals surface area contributed by atoms with E-state index in [2.05, 4.69) is 24.3 Å². The Bertz CT molecular complexity index is 1030. The molecule has 1 aliphatic carbocycles. The van der Waals surface area contributed by atoms with Crippen LogP contribution in [0.4, 0.5) is 0 Å². The molecule has 5 rings (SSSR count). The number of carboxylic acid groups (broad SMARTS) is 1. The molecule has 0 aromatic heterocycles. The topological polar surface area (TPSA) is 76.1 Å². The minimum Gasteiger partial charge on any atom is -0.496 e. The van der Waals surface area contributed by atoms with Crippen molar-refractivity contribution in [2.45, 2.75) is 44.1 Å². The summed E-state index contributed by atoms with van der Waals surface area (Å²) in [6.07, 6.45) is 4.93. The Morgan fingerprint density at radius 2 is 1.94 bits per heavy atom. The molecule has 3 atom stereocenters. The van der Waals surface area contributed by atoms with Crippen LogP contribution in [0.15, 0.2) is 42.5 Å². The highest BCUT2D eigenvalue weighted by Crippen LogP contribution is 2.58. The first kappa shape index (κ1) is 21.0. The zero-order chi connectivity index (χ0) is 22.3. The van der Waals surface area contributed by atoms with Crippen molar-refractivity contribution in [1.29, 1.82) is 0 Å². The van der Waals surface area contributed by atoms with Gasteiger partial charge < -0.3 is 19.5 Å². The fourth-order valence-corrected chi connectivity index (χ4v) is 5.73. The van der Waals surface area contributed by atoms with E-state index in [0.717, 1.165) is 56.3 Å². The molecule has 0 radical (unpaired) electrons. The summed E-state index contributed by atoms with van der Waals surface area (Å²) in [5.74, 6) is 0.323. The standard InChI is InChI=1S/C26H29NO5/c1-31-22-9-8-19(25(29)30)15-20(22)17-4-6-18(7-5-17)21-10-11-26(21)12-13-27(16-26)24(28)23-3-2-14-32-23/h4-9,15,21,23H,2-3,10-14,16H2,1H3,(H,29,30)/t21-,23+,26+/m0/s1. The predicted molar refractivity (Wildman–Crippen MR) is 120 cm³/mol. The lowest BCUT2D eigenvalue weighted by Crippen LogP contribution is -2.44. The Labute approximate surface area is 188 Å². The lowest BCUT2D eigenvalue weighted by molar-refractivity contribution is -0.140. The molecule has 1 amide bonds. The number of aromatic carboxylic acids is 1. The van der Waals surface area contributed by atoms with Gasteiger partial charge in [-0.1, -0.05) is 24.3 Å². The quantitative estimate of drug-likeness (QED) is 0.756. The zero-order valence-corrected chi connectivity index (χ0v) is 18.4. The molecular weight excluding hydrogens is 406 g/mol. The number of benzene rings is 2. The third-order valence-corrected chi connectivity index (χ3v) is 7.64. The van der Waals surface area contributed by atoms with Gasteiger partial charge in [-0.2, -0.15) is 0 Å². The van der Waals surface area contributed by atoms with Gasteiger partial charge in [-0.3, -0.25) is 4.79 Å². The van der Waals surface area contributed by atoms with Gasteiger partial charge in [0.25, 0.3) is 5.91 Å². The van der Waals surface area contributed by atoms with Gasteiger partial charge in [0.1, 0.15) is 11.9 Å². The highest BCUT2D eigenvalue weighted by atomic mass is 16.5. The molecule has 2 aromatic rings. The lowest BCUT2D eigenvalue weighted by atomic mass is 9.57. The van der Waals surface area contributed by atoms with Crippen LogP contribution in [0.3, 0.4) is 0 Å². The zero-order valence-electron chi connectivity index (χ0n) is 18.4. The van der Waals surface area contributed by atoms with Crippen molar-refractivity contribution in [2.24, 2.45) is 5.41 Å². The number of amides is 1. The number of carbonyl (C=O) groups excluding carboxylic acids is 1. The predicted octanol–water partition coefficient (Wildman–Crippen LogP) is 4.34. The molecule has 1 spiro atoms. The molecule has 0 bridgehead atoms. The molecule has 168 valence electrons. The second-order valence-electron chi connectivity index (χ2n) is 9.31. The average Bonchev–Trinajstić information content (AvgIpc) is 3.50. The van der Waals surface area contributed by atoms with Crippen LogP contribution in [0.25, 0.3) is 11.1 Å². The largest absolute Gasteiger partial charge is 0.496 e. The fraction of sp³-hybridized carbons (Fsp3) is 0.462. The van der Waals surface area contributed by atoms with Crippen molar-refractivity contribution < 1.29 is 24.2 Å². The Morgan fingerprint density at radius 3 is 2.56 bits per heavy atom. The SMILES string of the molecule is COc1ccc(C(=O)O)cc1-c1ccc([C@@H]2CC[C@]23CCN(C(=O)[C@H]2CCCO2)C3)cc1. The van der Waals surface area contributed by atoms with E-state index >= 15 is 0 Å². The first-order valence-electron chi connectivity index (χ1n) is 11.4. The van der Waals surface area contributed by atoms with Crippen LogP contribution in [0, 0.1) is 5.41 Å². The Kier molecular flexibility index (Phi) is 5.41. The highest BCUT2D eigenvalue weighted by molar-refractivity contribution is 5.90. The van der Waals surface area contributed by atoms with Crippen molar-refractivity contribution >= 4 is 11.9 Å². The molecule has 1 N–H and O–H groups in total. The number of rotatable bonds is 5. The summed E-state index contributed by atoms with van der Waals surface area (Å²) in [6.45, 7) is 2.35. The van der Waals surface area contributed by atoms with Gasteiger partial charge in [-0.25, -0.2) is 4.79 Å².